The van der Waals surface area contributed by atoms with Gasteiger partial charge in [0, 0.05) is 24.2 Å². The van der Waals surface area contributed by atoms with Gasteiger partial charge in [-0.3, -0.25) is 15.5 Å². The zero-order valence-electron chi connectivity index (χ0n) is 15.4. The molecule has 2 aromatic rings. The minimum Gasteiger partial charge on any atom is -0.428 e. The Morgan fingerprint density at radius 3 is 2.48 bits per heavy atom. The van der Waals surface area contributed by atoms with Crippen LogP contribution in [0.15, 0.2) is 41.6 Å². The van der Waals surface area contributed by atoms with Gasteiger partial charge in [0.05, 0.1) is 4.90 Å². The van der Waals surface area contributed by atoms with E-state index >= 15 is 0 Å². The molecule has 1 aromatic heterocycles. The van der Waals surface area contributed by atoms with Gasteiger partial charge in [0.25, 0.3) is 15.9 Å². The number of nitrogens with two attached hydrogens (primary N) is 1. The van der Waals surface area contributed by atoms with Gasteiger partial charge in [-0.2, -0.15) is 13.2 Å². The van der Waals surface area contributed by atoms with Gasteiger partial charge < -0.3 is 4.74 Å². The van der Waals surface area contributed by atoms with Crippen molar-refractivity contribution in [1.82, 2.24) is 9.71 Å². The van der Waals surface area contributed by atoms with Crippen LogP contribution in [0.5, 0.6) is 0 Å². The van der Waals surface area contributed by atoms with Crippen molar-refractivity contribution in [2.24, 2.45) is 11.7 Å². The molecule has 0 spiro atoms. The monoisotopic (exact) mass is 433 g/mol. The topological polar surface area (TPSA) is 128 Å². The first-order valence-electron chi connectivity index (χ1n) is 8.25. The van der Waals surface area contributed by atoms with Crippen LogP contribution in [0.1, 0.15) is 20.3 Å². The van der Waals surface area contributed by atoms with Crippen molar-refractivity contribution < 1.29 is 35.9 Å². The molecule has 0 aliphatic carbocycles. The fraction of sp³-hybridized carbons (Fsp3) is 0.353. The molecule has 0 radical (unpaired) electrons. The predicted octanol–water partition coefficient (Wildman–Crippen LogP) is 1.85. The van der Waals surface area contributed by atoms with Crippen LogP contribution >= 0.6 is 0 Å². The Hall–Kier alpha value is -2.73. The van der Waals surface area contributed by atoms with E-state index in [-0.39, 0.29) is 10.3 Å². The SMILES string of the molecule is CC(C)C[C@](N)(OC(=O)C(F)(F)F)C(=O)NS(=O)(=O)c1cccc2ccncc12. The number of nitrogens with zero attached hydrogens (tertiary/aromatic N) is 1. The van der Waals surface area contributed by atoms with Crippen molar-refractivity contribution >= 4 is 32.7 Å². The minimum absolute atomic E-state index is 0.175. The summed E-state index contributed by atoms with van der Waals surface area (Å²) < 4.78 is 68.9. The number of carbonyl (C=O) groups excluding carboxylic acids is 2. The molecule has 158 valence electrons. The number of amides is 1. The summed E-state index contributed by atoms with van der Waals surface area (Å²) in [5.74, 6) is -4.82. The second kappa shape index (κ2) is 7.95. The lowest BCUT2D eigenvalue weighted by Gasteiger charge is -2.29. The molecule has 0 saturated heterocycles. The molecule has 8 nitrogen and oxygen atoms in total. The Morgan fingerprint density at radius 1 is 1.24 bits per heavy atom. The van der Waals surface area contributed by atoms with Gasteiger partial charge in [0.15, 0.2) is 0 Å². The van der Waals surface area contributed by atoms with Crippen LogP contribution in [0.25, 0.3) is 10.8 Å². The number of carbonyl (C=O) groups is 2. The third-order valence-corrected chi connectivity index (χ3v) is 5.15. The summed E-state index contributed by atoms with van der Waals surface area (Å²) >= 11 is 0. The molecule has 0 bridgehead atoms. The number of rotatable bonds is 6. The Morgan fingerprint density at radius 2 is 1.90 bits per heavy atom. The zero-order chi connectivity index (χ0) is 22.0. The number of ether oxygens (including phenoxy) is 1. The zero-order valence-corrected chi connectivity index (χ0v) is 16.2. The molecule has 1 aromatic carbocycles. The van der Waals surface area contributed by atoms with Crippen LogP contribution in [0, 0.1) is 5.92 Å². The van der Waals surface area contributed by atoms with Gasteiger partial charge in [-0.05, 0) is 23.4 Å². The third-order valence-electron chi connectivity index (χ3n) is 3.76. The number of esters is 1. The summed E-state index contributed by atoms with van der Waals surface area (Å²) in [6.07, 6.45) is -3.28. The van der Waals surface area contributed by atoms with Crippen molar-refractivity contribution in [3.63, 3.8) is 0 Å². The highest BCUT2D eigenvalue weighted by Crippen LogP contribution is 2.25. The fourth-order valence-corrected chi connectivity index (χ4v) is 3.84. The molecular formula is C17H18F3N3O5S. The van der Waals surface area contributed by atoms with E-state index in [2.05, 4.69) is 9.72 Å². The average molecular weight is 433 g/mol. The summed E-state index contributed by atoms with van der Waals surface area (Å²) in [5.41, 5.74) is 2.76. The summed E-state index contributed by atoms with van der Waals surface area (Å²) in [5, 5.41) is 0.675. The molecule has 1 amide bonds. The van der Waals surface area contributed by atoms with Crippen molar-refractivity contribution in [3.8, 4) is 0 Å². The molecule has 0 saturated carbocycles. The summed E-state index contributed by atoms with van der Waals surface area (Å²) in [6, 6.07) is 5.74. The standard InChI is InChI=1S/C17H18F3N3O5S/c1-10(2)8-16(21,28-15(25)17(18,19)20)14(24)23-29(26,27)13-5-3-4-11-6-7-22-9-12(11)13/h3-7,9-10H,8,21H2,1-2H3,(H,23,24)/t16-/m0/s1. The molecule has 0 aliphatic heterocycles. The second-order valence-electron chi connectivity index (χ2n) is 6.66. The predicted molar refractivity (Wildman–Crippen MR) is 95.6 cm³/mol. The molecular weight excluding hydrogens is 415 g/mol. The molecule has 0 unspecified atom stereocenters. The van der Waals surface area contributed by atoms with Gasteiger partial charge in [-0.15, -0.1) is 0 Å². The van der Waals surface area contributed by atoms with Crippen molar-refractivity contribution in [1.29, 1.82) is 0 Å². The number of hydrogen-bond acceptors (Lipinski definition) is 7. The van der Waals surface area contributed by atoms with Crippen molar-refractivity contribution in [2.75, 3.05) is 0 Å². The Kier molecular flexibility index (Phi) is 6.18. The molecule has 29 heavy (non-hydrogen) atoms. The number of aromatic nitrogens is 1. The van der Waals surface area contributed by atoms with Gasteiger partial charge in [0.2, 0.25) is 5.72 Å². The Bertz CT molecular complexity index is 1030. The first-order valence-corrected chi connectivity index (χ1v) is 9.73. The summed E-state index contributed by atoms with van der Waals surface area (Å²) in [4.78, 5) is 27.2. The lowest BCUT2D eigenvalue weighted by atomic mass is 10.0. The van der Waals surface area contributed by atoms with Crippen LogP contribution in [-0.2, 0) is 24.3 Å². The molecule has 1 atom stereocenters. The molecule has 1 heterocycles. The van der Waals surface area contributed by atoms with Gasteiger partial charge >= 0.3 is 12.1 Å². The lowest BCUT2D eigenvalue weighted by Crippen LogP contribution is -2.59. The third kappa shape index (κ3) is 5.21. The molecule has 12 heteroatoms. The van der Waals surface area contributed by atoms with Crippen LogP contribution in [-0.4, -0.2) is 37.2 Å². The number of pyridine rings is 1. The quantitative estimate of drug-likeness (QED) is 0.525. The van der Waals surface area contributed by atoms with Crippen LogP contribution in [0.4, 0.5) is 13.2 Å². The number of sulfonamides is 1. The van der Waals surface area contributed by atoms with Gasteiger partial charge in [-0.1, -0.05) is 26.0 Å². The molecule has 0 aliphatic rings. The molecule has 0 fully saturated rings. The van der Waals surface area contributed by atoms with E-state index in [1.807, 2.05) is 0 Å². The smallest absolute Gasteiger partial charge is 0.428 e. The van der Waals surface area contributed by atoms with E-state index in [1.165, 1.54) is 44.4 Å². The van der Waals surface area contributed by atoms with Gasteiger partial charge in [-0.25, -0.2) is 17.9 Å². The lowest BCUT2D eigenvalue weighted by molar-refractivity contribution is -0.215. The maximum atomic E-state index is 12.7. The minimum atomic E-state index is -5.41. The van der Waals surface area contributed by atoms with E-state index in [9.17, 15) is 31.2 Å². The number of nitrogens with one attached hydrogen (secondary N) is 1. The largest absolute Gasteiger partial charge is 0.491 e. The fourth-order valence-electron chi connectivity index (χ4n) is 2.59. The molecule has 2 rings (SSSR count). The molecule has 3 N–H and O–H groups in total. The van der Waals surface area contributed by atoms with Crippen LogP contribution in [0.3, 0.4) is 0 Å². The first kappa shape index (κ1) is 22.6. The summed E-state index contributed by atoms with van der Waals surface area (Å²) in [7, 11) is -4.57. The van der Waals surface area contributed by atoms with E-state index < -0.39 is 46.1 Å². The highest BCUT2D eigenvalue weighted by Gasteiger charge is 2.49. The number of benzene rings is 1. The van der Waals surface area contributed by atoms with Crippen LogP contribution in [0.2, 0.25) is 0 Å². The highest BCUT2D eigenvalue weighted by molar-refractivity contribution is 7.90. The van der Waals surface area contributed by atoms with Crippen LogP contribution < -0.4 is 10.5 Å². The average Bonchev–Trinajstić information content (AvgIpc) is 2.59. The van der Waals surface area contributed by atoms with Crippen molar-refractivity contribution in [3.05, 3.63) is 36.7 Å². The normalized spacial score (nSPS) is 14.4. The Labute approximate surface area is 164 Å². The summed E-state index contributed by atoms with van der Waals surface area (Å²) in [6.45, 7) is 3.00. The first-order chi connectivity index (χ1) is 13.3. The van der Waals surface area contributed by atoms with Crippen molar-refractivity contribution in [2.45, 2.75) is 37.1 Å². The second-order valence-corrected chi connectivity index (χ2v) is 8.31. The maximum Gasteiger partial charge on any atom is 0.491 e. The van der Waals surface area contributed by atoms with Gasteiger partial charge in [0.1, 0.15) is 0 Å². The number of fused-ring (bicyclic) bond motifs is 1. The number of hydrogen-bond donors (Lipinski definition) is 2. The number of alkyl halides is 3. The Balaban J connectivity index is 2.40. The maximum absolute atomic E-state index is 12.7. The van der Waals surface area contributed by atoms with E-state index in [1.54, 1.807) is 10.8 Å². The van der Waals surface area contributed by atoms with E-state index in [0.717, 1.165) is 0 Å². The highest BCUT2D eigenvalue weighted by atomic mass is 32.2. The van der Waals surface area contributed by atoms with E-state index in [4.69, 9.17) is 5.73 Å². The number of halogens is 3. The van der Waals surface area contributed by atoms with E-state index in [0.29, 0.717) is 5.39 Å².